The third-order valence-electron chi connectivity index (χ3n) is 2.71. The molecule has 0 bridgehead atoms. The number of benzene rings is 1. The van der Waals surface area contributed by atoms with E-state index in [0.29, 0.717) is 0 Å². The Morgan fingerprint density at radius 2 is 2.06 bits per heavy atom. The van der Waals surface area contributed by atoms with E-state index >= 15 is 0 Å². The van der Waals surface area contributed by atoms with Crippen LogP contribution in [0.15, 0.2) is 42.6 Å². The zero-order chi connectivity index (χ0) is 10.5. The highest BCUT2D eigenvalue weighted by atomic mass is 15.6. The number of H-pyrrole nitrogens is 1. The molecule has 0 amide bonds. The zero-order valence-corrected chi connectivity index (χ0v) is 8.33. The standard InChI is InChI=1S/C11H8N5/c1-2-6-10-8(4-1)13-16-14-9-5-3-7-12-11(9)15(10)16/h1-7H,(H,13,14)/q+1. The van der Waals surface area contributed by atoms with E-state index in [2.05, 4.69) is 15.2 Å². The van der Waals surface area contributed by atoms with Crippen LogP contribution in [-0.2, 0) is 0 Å². The largest absolute Gasteiger partial charge is 0.232 e. The van der Waals surface area contributed by atoms with Crippen molar-refractivity contribution >= 4 is 22.2 Å². The van der Waals surface area contributed by atoms with Crippen LogP contribution in [0.1, 0.15) is 0 Å². The Morgan fingerprint density at radius 3 is 3.06 bits per heavy atom. The number of hydrogen-bond donors (Lipinski definition) is 1. The summed E-state index contributed by atoms with van der Waals surface area (Å²) in [5, 5.41) is 7.61. The summed E-state index contributed by atoms with van der Waals surface area (Å²) in [6.07, 6.45) is 1.78. The number of para-hydroxylation sites is 1. The molecule has 0 aliphatic heterocycles. The predicted molar refractivity (Wildman–Crippen MR) is 58.0 cm³/mol. The molecule has 0 aliphatic carbocycles. The van der Waals surface area contributed by atoms with E-state index in [-0.39, 0.29) is 0 Å². The van der Waals surface area contributed by atoms with Gasteiger partial charge in [0.15, 0.2) is 11.0 Å². The van der Waals surface area contributed by atoms with Gasteiger partial charge in [-0.15, -0.1) is 5.10 Å². The zero-order valence-electron chi connectivity index (χ0n) is 8.33. The van der Waals surface area contributed by atoms with E-state index in [1.54, 1.807) is 10.9 Å². The molecule has 0 radical (unpaired) electrons. The Hall–Kier alpha value is -2.43. The fourth-order valence-electron chi connectivity index (χ4n) is 2.02. The average molecular weight is 210 g/mol. The first kappa shape index (κ1) is 7.81. The van der Waals surface area contributed by atoms with Crippen LogP contribution in [0.3, 0.4) is 0 Å². The molecule has 0 aliphatic rings. The van der Waals surface area contributed by atoms with Crippen molar-refractivity contribution < 1.29 is 4.74 Å². The molecule has 5 nitrogen and oxygen atoms in total. The maximum absolute atomic E-state index is 4.44. The Balaban J connectivity index is 2.38. The minimum atomic E-state index is 0.885. The second kappa shape index (κ2) is 2.57. The van der Waals surface area contributed by atoms with Gasteiger partial charge in [0.05, 0.1) is 5.10 Å². The molecule has 76 valence electrons. The fourth-order valence-corrected chi connectivity index (χ4v) is 2.02. The third kappa shape index (κ3) is 0.826. The van der Waals surface area contributed by atoms with Gasteiger partial charge in [-0.2, -0.15) is 0 Å². The summed E-state index contributed by atoms with van der Waals surface area (Å²) < 4.78 is 3.67. The van der Waals surface area contributed by atoms with Crippen molar-refractivity contribution in [1.82, 2.24) is 19.7 Å². The molecule has 5 heteroatoms. The number of fused-ring (bicyclic) bond motifs is 5. The van der Waals surface area contributed by atoms with Gasteiger partial charge in [0, 0.05) is 6.20 Å². The molecule has 0 spiro atoms. The quantitative estimate of drug-likeness (QED) is 0.439. The van der Waals surface area contributed by atoms with Crippen LogP contribution in [0.5, 0.6) is 0 Å². The molecule has 1 aromatic carbocycles. The number of pyridine rings is 1. The highest BCUT2D eigenvalue weighted by molar-refractivity contribution is 5.78. The highest BCUT2D eigenvalue weighted by Gasteiger charge is 2.17. The van der Waals surface area contributed by atoms with E-state index in [0.717, 1.165) is 22.2 Å². The SMILES string of the molecule is c1ccc2c(c1)n[n+]1[nH]c3cccnc3n21. The minimum Gasteiger partial charge on any atom is -0.232 e. The molecule has 0 fully saturated rings. The molecule has 4 rings (SSSR count). The van der Waals surface area contributed by atoms with Crippen molar-refractivity contribution in [3.8, 4) is 0 Å². The summed E-state index contributed by atoms with van der Waals surface area (Å²) >= 11 is 0. The number of hydrogen-bond acceptors (Lipinski definition) is 2. The van der Waals surface area contributed by atoms with Crippen LogP contribution >= 0.6 is 0 Å². The highest BCUT2D eigenvalue weighted by Crippen LogP contribution is 2.12. The lowest BCUT2D eigenvalue weighted by Gasteiger charge is -1.84. The number of rotatable bonds is 0. The third-order valence-corrected chi connectivity index (χ3v) is 2.71. The number of nitrogens with one attached hydrogen (secondary N) is 1. The van der Waals surface area contributed by atoms with Crippen LogP contribution < -0.4 is 4.74 Å². The summed E-state index contributed by atoms with van der Waals surface area (Å²) in [7, 11) is 0. The van der Waals surface area contributed by atoms with Gasteiger partial charge in [-0.05, 0) is 28.8 Å². The molecule has 0 saturated carbocycles. The number of aromatic amines is 1. The lowest BCUT2D eigenvalue weighted by atomic mass is 10.3. The van der Waals surface area contributed by atoms with Crippen molar-refractivity contribution in [3.05, 3.63) is 42.6 Å². The number of nitrogens with zero attached hydrogens (tertiary/aromatic N) is 4. The smallest absolute Gasteiger partial charge is 0.229 e. The Labute approximate surface area is 89.9 Å². The summed E-state index contributed by atoms with van der Waals surface area (Å²) in [6, 6.07) is 11.9. The first-order valence-corrected chi connectivity index (χ1v) is 5.06. The molecular formula is C11H8N5+. The molecule has 0 unspecified atom stereocenters. The van der Waals surface area contributed by atoms with Crippen LogP contribution in [0, 0.1) is 0 Å². The van der Waals surface area contributed by atoms with E-state index in [9.17, 15) is 0 Å². The summed E-state index contributed by atoms with van der Waals surface area (Å²) in [5.74, 6) is 0. The second-order valence-electron chi connectivity index (χ2n) is 3.68. The lowest BCUT2D eigenvalue weighted by molar-refractivity contribution is -0.722. The summed E-state index contributed by atoms with van der Waals surface area (Å²) in [6.45, 7) is 0. The van der Waals surface area contributed by atoms with Crippen molar-refractivity contribution in [1.29, 1.82) is 0 Å². The van der Waals surface area contributed by atoms with Gasteiger partial charge < -0.3 is 0 Å². The van der Waals surface area contributed by atoms with E-state index < -0.39 is 0 Å². The van der Waals surface area contributed by atoms with Gasteiger partial charge >= 0.3 is 0 Å². The van der Waals surface area contributed by atoms with Gasteiger partial charge in [0.2, 0.25) is 5.65 Å². The topological polar surface area (TPSA) is 50.1 Å². The first-order chi connectivity index (χ1) is 7.93. The molecular weight excluding hydrogens is 202 g/mol. The maximum atomic E-state index is 4.44. The van der Waals surface area contributed by atoms with Gasteiger partial charge in [-0.1, -0.05) is 12.1 Å². The molecule has 16 heavy (non-hydrogen) atoms. The van der Waals surface area contributed by atoms with Crippen molar-refractivity contribution in [3.63, 3.8) is 0 Å². The lowest BCUT2D eigenvalue weighted by Crippen LogP contribution is -2.30. The van der Waals surface area contributed by atoms with Gasteiger partial charge in [0.1, 0.15) is 10.3 Å². The van der Waals surface area contributed by atoms with E-state index in [1.807, 2.05) is 40.9 Å². The van der Waals surface area contributed by atoms with Crippen LogP contribution in [0.4, 0.5) is 0 Å². The molecule has 4 aromatic rings. The molecule has 3 aromatic heterocycles. The van der Waals surface area contributed by atoms with Gasteiger partial charge in [-0.25, -0.2) is 4.98 Å². The maximum Gasteiger partial charge on any atom is 0.229 e. The van der Waals surface area contributed by atoms with E-state index in [4.69, 9.17) is 0 Å². The van der Waals surface area contributed by atoms with Crippen molar-refractivity contribution in [2.75, 3.05) is 0 Å². The predicted octanol–water partition coefficient (Wildman–Crippen LogP) is 0.949. The molecule has 0 saturated heterocycles. The Morgan fingerprint density at radius 1 is 1.12 bits per heavy atom. The van der Waals surface area contributed by atoms with Crippen LogP contribution in [0.25, 0.3) is 22.2 Å². The van der Waals surface area contributed by atoms with Gasteiger partial charge in [-0.3, -0.25) is 0 Å². The minimum absolute atomic E-state index is 0.885. The average Bonchev–Trinajstić information content (AvgIpc) is 2.83. The normalized spacial score (nSPS) is 11.8. The Bertz CT molecular complexity index is 745. The number of aromatic nitrogens is 5. The van der Waals surface area contributed by atoms with Crippen LogP contribution in [-0.4, -0.2) is 19.7 Å². The summed E-state index contributed by atoms with van der Waals surface area (Å²) in [5.41, 5.74) is 3.86. The van der Waals surface area contributed by atoms with E-state index in [1.165, 1.54) is 0 Å². The van der Waals surface area contributed by atoms with Crippen LogP contribution in [0.2, 0.25) is 0 Å². The fraction of sp³-hybridized carbons (Fsp3) is 0. The Kier molecular flexibility index (Phi) is 1.26. The van der Waals surface area contributed by atoms with Crippen molar-refractivity contribution in [2.45, 2.75) is 0 Å². The molecule has 1 N–H and O–H groups in total. The van der Waals surface area contributed by atoms with Crippen molar-refractivity contribution in [2.24, 2.45) is 0 Å². The molecule has 3 heterocycles. The van der Waals surface area contributed by atoms with Gasteiger partial charge in [0.25, 0.3) is 0 Å². The second-order valence-corrected chi connectivity index (χ2v) is 3.68. The first-order valence-electron chi connectivity index (χ1n) is 5.06. The molecule has 0 atom stereocenters. The monoisotopic (exact) mass is 210 g/mol. The summed E-state index contributed by atoms with van der Waals surface area (Å²) in [4.78, 5) is 4.36.